The lowest BCUT2D eigenvalue weighted by molar-refractivity contribution is -0.119. The lowest BCUT2D eigenvalue weighted by atomic mass is 10.1. The Morgan fingerprint density at radius 2 is 1.55 bits per heavy atom. The number of anilines is 2. The van der Waals surface area contributed by atoms with E-state index in [1.54, 1.807) is 42.5 Å². The van der Waals surface area contributed by atoms with Gasteiger partial charge in [0.1, 0.15) is 0 Å². The summed E-state index contributed by atoms with van der Waals surface area (Å²) in [7, 11) is 0. The highest BCUT2D eigenvalue weighted by molar-refractivity contribution is 5.98. The van der Waals surface area contributed by atoms with Gasteiger partial charge in [0, 0.05) is 17.9 Å². The van der Waals surface area contributed by atoms with Crippen molar-refractivity contribution in [2.24, 2.45) is 0 Å². The highest BCUT2D eigenvalue weighted by Crippen LogP contribution is 2.16. The molecule has 7 heteroatoms. The molecule has 1 amide bonds. The van der Waals surface area contributed by atoms with Gasteiger partial charge in [-0.1, -0.05) is 38.8 Å². The molecule has 0 saturated carbocycles. The number of rotatable bonds is 12. The Hall–Kier alpha value is -3.35. The van der Waals surface area contributed by atoms with Gasteiger partial charge in [-0.05, 0) is 49.2 Å². The Balaban J connectivity index is 1.84. The number of nitrogens with one attached hydrogen (secondary N) is 2. The number of carbonyl (C=O) groups excluding carboxylic acids is 3. The van der Waals surface area contributed by atoms with Crippen LogP contribution in [0, 0.1) is 0 Å². The third kappa shape index (κ3) is 8.12. The molecule has 7 nitrogen and oxygen atoms in total. The number of ether oxygens (including phenoxy) is 2. The maximum absolute atomic E-state index is 12.4. The van der Waals surface area contributed by atoms with E-state index >= 15 is 0 Å². The zero-order valence-electron chi connectivity index (χ0n) is 18.1. The number of esters is 2. The van der Waals surface area contributed by atoms with E-state index in [1.807, 2.05) is 13.0 Å². The molecular weight excluding hydrogens is 396 g/mol. The first-order chi connectivity index (χ1) is 15.0. The van der Waals surface area contributed by atoms with Crippen molar-refractivity contribution < 1.29 is 23.9 Å². The van der Waals surface area contributed by atoms with Crippen molar-refractivity contribution in [3.05, 3.63) is 59.7 Å². The Morgan fingerprint density at radius 3 is 2.26 bits per heavy atom. The number of unbranched alkanes of at least 4 members (excludes halogenated alkanes) is 2. The van der Waals surface area contributed by atoms with Gasteiger partial charge in [-0.15, -0.1) is 0 Å². The largest absolute Gasteiger partial charge is 0.462 e. The van der Waals surface area contributed by atoms with Gasteiger partial charge >= 0.3 is 11.9 Å². The van der Waals surface area contributed by atoms with Gasteiger partial charge in [0.25, 0.3) is 5.91 Å². The first kappa shape index (κ1) is 23.9. The predicted molar refractivity (Wildman–Crippen MR) is 120 cm³/mol. The second-order valence-corrected chi connectivity index (χ2v) is 7.02. The van der Waals surface area contributed by atoms with Crippen LogP contribution in [0.3, 0.4) is 0 Å². The molecule has 0 fully saturated rings. The number of para-hydroxylation sites is 1. The van der Waals surface area contributed by atoms with Crippen LogP contribution < -0.4 is 10.6 Å². The Morgan fingerprint density at radius 1 is 0.839 bits per heavy atom. The van der Waals surface area contributed by atoms with Gasteiger partial charge in [-0.3, -0.25) is 4.79 Å². The number of carbonyl (C=O) groups is 3. The van der Waals surface area contributed by atoms with E-state index < -0.39 is 24.5 Å². The molecule has 0 aromatic heterocycles. The van der Waals surface area contributed by atoms with Crippen LogP contribution in [0.15, 0.2) is 48.5 Å². The van der Waals surface area contributed by atoms with E-state index in [0.717, 1.165) is 32.2 Å². The van der Waals surface area contributed by atoms with Crippen LogP contribution in [0.4, 0.5) is 11.4 Å². The Kier molecular flexibility index (Phi) is 10.1. The Labute approximate surface area is 183 Å². The molecule has 0 spiro atoms. The first-order valence-electron chi connectivity index (χ1n) is 10.6. The molecule has 166 valence electrons. The monoisotopic (exact) mass is 426 g/mol. The summed E-state index contributed by atoms with van der Waals surface area (Å²) >= 11 is 0. The highest BCUT2D eigenvalue weighted by Gasteiger charge is 2.14. The summed E-state index contributed by atoms with van der Waals surface area (Å²) in [5.74, 6) is -1.44. The van der Waals surface area contributed by atoms with Crippen LogP contribution >= 0.6 is 0 Å². The van der Waals surface area contributed by atoms with Crippen molar-refractivity contribution in [2.75, 3.05) is 30.4 Å². The van der Waals surface area contributed by atoms with Gasteiger partial charge in [0.05, 0.1) is 17.7 Å². The topological polar surface area (TPSA) is 93.7 Å². The third-order valence-corrected chi connectivity index (χ3v) is 4.46. The van der Waals surface area contributed by atoms with Crippen LogP contribution in [-0.2, 0) is 14.3 Å². The normalized spacial score (nSPS) is 10.3. The fraction of sp³-hybridized carbons (Fsp3) is 0.375. The fourth-order valence-electron chi connectivity index (χ4n) is 2.70. The Bertz CT molecular complexity index is 865. The average Bonchev–Trinajstić information content (AvgIpc) is 2.78. The second-order valence-electron chi connectivity index (χ2n) is 7.02. The van der Waals surface area contributed by atoms with Crippen molar-refractivity contribution in [3.63, 3.8) is 0 Å². The quantitative estimate of drug-likeness (QED) is 0.379. The zero-order chi connectivity index (χ0) is 22.5. The molecule has 2 rings (SSSR count). The molecule has 2 N–H and O–H groups in total. The van der Waals surface area contributed by atoms with Crippen molar-refractivity contribution >= 4 is 29.2 Å². The van der Waals surface area contributed by atoms with Crippen LogP contribution in [-0.4, -0.2) is 37.6 Å². The minimum atomic E-state index is -0.570. The van der Waals surface area contributed by atoms with Gasteiger partial charge in [0.2, 0.25) is 0 Å². The van der Waals surface area contributed by atoms with Gasteiger partial charge in [-0.2, -0.15) is 0 Å². The summed E-state index contributed by atoms with van der Waals surface area (Å²) in [6, 6.07) is 13.4. The molecule has 0 aliphatic rings. The molecule has 0 aliphatic heterocycles. The summed E-state index contributed by atoms with van der Waals surface area (Å²) in [6.07, 6.45) is 3.80. The molecule has 0 radical (unpaired) electrons. The summed E-state index contributed by atoms with van der Waals surface area (Å²) in [5.41, 5.74) is 1.97. The lowest BCUT2D eigenvalue weighted by Crippen LogP contribution is -2.21. The van der Waals surface area contributed by atoms with Crippen molar-refractivity contribution in [2.45, 2.75) is 39.5 Å². The van der Waals surface area contributed by atoms with Gasteiger partial charge < -0.3 is 20.1 Å². The standard InChI is InChI=1S/C24H30N2O5/c1-3-5-15-25-21-10-8-7-9-20(21)24(29)31-17-22(27)26-19-13-11-18(12-14-19)23(28)30-16-6-4-2/h7-14,25H,3-6,15-17H2,1-2H3,(H,26,27). The van der Waals surface area contributed by atoms with E-state index in [9.17, 15) is 14.4 Å². The average molecular weight is 427 g/mol. The minimum Gasteiger partial charge on any atom is -0.462 e. The van der Waals surface area contributed by atoms with Crippen LogP contribution in [0.1, 0.15) is 60.2 Å². The molecule has 0 atom stereocenters. The summed E-state index contributed by atoms with van der Waals surface area (Å²) in [6.45, 7) is 4.84. The third-order valence-electron chi connectivity index (χ3n) is 4.46. The number of benzene rings is 2. The summed E-state index contributed by atoms with van der Waals surface area (Å²) < 4.78 is 10.3. The van der Waals surface area contributed by atoms with Crippen molar-refractivity contribution in [1.29, 1.82) is 0 Å². The number of hydrogen-bond acceptors (Lipinski definition) is 6. The molecular formula is C24H30N2O5. The smallest absolute Gasteiger partial charge is 0.340 e. The highest BCUT2D eigenvalue weighted by atomic mass is 16.5. The van der Waals surface area contributed by atoms with Crippen LogP contribution in [0.25, 0.3) is 0 Å². The van der Waals surface area contributed by atoms with E-state index in [4.69, 9.17) is 9.47 Å². The van der Waals surface area contributed by atoms with E-state index in [1.165, 1.54) is 0 Å². The van der Waals surface area contributed by atoms with Gasteiger partial charge in [-0.25, -0.2) is 9.59 Å². The van der Waals surface area contributed by atoms with E-state index in [-0.39, 0.29) is 0 Å². The van der Waals surface area contributed by atoms with Crippen LogP contribution in [0.2, 0.25) is 0 Å². The molecule has 0 aliphatic carbocycles. The molecule has 0 bridgehead atoms. The van der Waals surface area contributed by atoms with Crippen molar-refractivity contribution in [1.82, 2.24) is 0 Å². The van der Waals surface area contributed by atoms with Crippen molar-refractivity contribution in [3.8, 4) is 0 Å². The fourth-order valence-corrected chi connectivity index (χ4v) is 2.70. The maximum atomic E-state index is 12.4. The number of amides is 1. The second kappa shape index (κ2) is 13.1. The first-order valence-corrected chi connectivity index (χ1v) is 10.6. The number of hydrogen-bond donors (Lipinski definition) is 2. The molecule has 0 saturated heterocycles. The lowest BCUT2D eigenvalue weighted by Gasteiger charge is -2.11. The SMILES string of the molecule is CCCCNc1ccccc1C(=O)OCC(=O)Nc1ccc(C(=O)OCCCC)cc1. The molecule has 2 aromatic rings. The summed E-state index contributed by atoms with van der Waals surface area (Å²) in [5, 5.41) is 5.85. The maximum Gasteiger partial charge on any atom is 0.340 e. The summed E-state index contributed by atoms with van der Waals surface area (Å²) in [4.78, 5) is 36.4. The molecule has 0 heterocycles. The minimum absolute atomic E-state index is 0.385. The van der Waals surface area contributed by atoms with Gasteiger partial charge in [0.15, 0.2) is 6.61 Å². The zero-order valence-corrected chi connectivity index (χ0v) is 18.1. The molecule has 2 aromatic carbocycles. The van der Waals surface area contributed by atoms with E-state index in [2.05, 4.69) is 17.6 Å². The van der Waals surface area contributed by atoms with Crippen LogP contribution in [0.5, 0.6) is 0 Å². The molecule has 31 heavy (non-hydrogen) atoms. The van der Waals surface area contributed by atoms with E-state index in [0.29, 0.717) is 29.1 Å². The predicted octanol–water partition coefficient (Wildman–Crippen LogP) is 4.65. The molecule has 0 unspecified atom stereocenters.